The van der Waals surface area contributed by atoms with E-state index in [4.69, 9.17) is 4.74 Å². The normalized spacial score (nSPS) is 26.4. The van der Waals surface area contributed by atoms with Gasteiger partial charge in [0.15, 0.2) is 0 Å². The first-order valence-corrected chi connectivity index (χ1v) is 8.88. The lowest BCUT2D eigenvalue weighted by atomic mass is 9.92. The SMILES string of the molecule is CNC[C@@H]1CCN(C(=O)[C@@H]2CC(=O)N(C)[C@H]2c2ccc(OC)cc2)C1. The number of ether oxygens (including phenoxy) is 1. The van der Waals surface area contributed by atoms with E-state index in [-0.39, 0.29) is 23.8 Å². The summed E-state index contributed by atoms with van der Waals surface area (Å²) < 4.78 is 5.21. The van der Waals surface area contributed by atoms with Crippen molar-refractivity contribution in [3.05, 3.63) is 29.8 Å². The average molecular weight is 345 g/mol. The van der Waals surface area contributed by atoms with E-state index >= 15 is 0 Å². The Morgan fingerprint density at radius 3 is 2.68 bits per heavy atom. The number of carbonyl (C=O) groups excluding carboxylic acids is 2. The summed E-state index contributed by atoms with van der Waals surface area (Å²) in [5.74, 6) is 1.11. The monoisotopic (exact) mass is 345 g/mol. The molecular formula is C19H27N3O3. The maximum atomic E-state index is 13.1. The Bertz CT molecular complexity index is 631. The van der Waals surface area contributed by atoms with Crippen LogP contribution in [0.4, 0.5) is 0 Å². The summed E-state index contributed by atoms with van der Waals surface area (Å²) in [5.41, 5.74) is 0.985. The third-order valence-corrected chi connectivity index (χ3v) is 5.45. The first-order chi connectivity index (χ1) is 12.0. The lowest BCUT2D eigenvalue weighted by molar-refractivity contribution is -0.135. The molecule has 0 spiro atoms. The Kier molecular flexibility index (Phi) is 5.27. The summed E-state index contributed by atoms with van der Waals surface area (Å²) in [6.45, 7) is 2.49. The second-order valence-corrected chi connectivity index (χ2v) is 7.03. The minimum Gasteiger partial charge on any atom is -0.497 e. The fraction of sp³-hybridized carbons (Fsp3) is 0.579. The van der Waals surface area contributed by atoms with Gasteiger partial charge in [-0.1, -0.05) is 12.1 Å². The van der Waals surface area contributed by atoms with Gasteiger partial charge in [-0.3, -0.25) is 9.59 Å². The molecule has 136 valence electrons. The molecule has 6 nitrogen and oxygen atoms in total. The number of nitrogens with zero attached hydrogens (tertiary/aromatic N) is 2. The molecule has 25 heavy (non-hydrogen) atoms. The van der Waals surface area contributed by atoms with Gasteiger partial charge in [0.2, 0.25) is 11.8 Å². The van der Waals surface area contributed by atoms with E-state index in [0.717, 1.165) is 37.4 Å². The van der Waals surface area contributed by atoms with E-state index in [9.17, 15) is 9.59 Å². The van der Waals surface area contributed by atoms with Gasteiger partial charge in [-0.05, 0) is 43.6 Å². The highest BCUT2D eigenvalue weighted by Crippen LogP contribution is 2.39. The second-order valence-electron chi connectivity index (χ2n) is 7.03. The molecule has 2 fully saturated rings. The maximum absolute atomic E-state index is 13.1. The lowest BCUT2D eigenvalue weighted by Gasteiger charge is -2.28. The maximum Gasteiger partial charge on any atom is 0.228 e. The van der Waals surface area contributed by atoms with Crippen LogP contribution in [0.2, 0.25) is 0 Å². The van der Waals surface area contributed by atoms with E-state index in [2.05, 4.69) is 5.32 Å². The van der Waals surface area contributed by atoms with Crippen molar-refractivity contribution in [2.45, 2.75) is 18.9 Å². The molecule has 0 radical (unpaired) electrons. The van der Waals surface area contributed by atoms with E-state index in [1.54, 1.807) is 19.1 Å². The number of hydrogen-bond donors (Lipinski definition) is 1. The van der Waals surface area contributed by atoms with E-state index < -0.39 is 0 Å². The van der Waals surface area contributed by atoms with Crippen LogP contribution in [0.1, 0.15) is 24.4 Å². The van der Waals surface area contributed by atoms with Gasteiger partial charge in [-0.25, -0.2) is 0 Å². The van der Waals surface area contributed by atoms with Gasteiger partial charge in [0, 0.05) is 26.6 Å². The Balaban J connectivity index is 1.78. The highest BCUT2D eigenvalue weighted by atomic mass is 16.5. The first-order valence-electron chi connectivity index (χ1n) is 8.88. The van der Waals surface area contributed by atoms with Crippen LogP contribution in [0.15, 0.2) is 24.3 Å². The molecule has 2 heterocycles. The molecule has 6 heteroatoms. The molecule has 3 rings (SSSR count). The Morgan fingerprint density at radius 1 is 1.32 bits per heavy atom. The van der Waals surface area contributed by atoms with Gasteiger partial charge >= 0.3 is 0 Å². The Labute approximate surface area is 149 Å². The van der Waals surface area contributed by atoms with Crippen molar-refractivity contribution in [3.63, 3.8) is 0 Å². The van der Waals surface area contributed by atoms with Gasteiger partial charge in [-0.15, -0.1) is 0 Å². The predicted molar refractivity (Wildman–Crippen MR) is 95.2 cm³/mol. The lowest BCUT2D eigenvalue weighted by Crippen LogP contribution is -2.37. The van der Waals surface area contributed by atoms with Crippen LogP contribution in [0.5, 0.6) is 5.75 Å². The highest BCUT2D eigenvalue weighted by molar-refractivity contribution is 5.90. The van der Waals surface area contributed by atoms with E-state index in [1.807, 2.05) is 36.2 Å². The fourth-order valence-electron chi connectivity index (χ4n) is 4.07. The average Bonchev–Trinajstić information content (AvgIpc) is 3.20. The number of methoxy groups -OCH3 is 1. The Hall–Kier alpha value is -2.08. The summed E-state index contributed by atoms with van der Waals surface area (Å²) >= 11 is 0. The van der Waals surface area contributed by atoms with E-state index in [0.29, 0.717) is 12.3 Å². The summed E-state index contributed by atoms with van der Waals surface area (Å²) in [4.78, 5) is 29.0. The van der Waals surface area contributed by atoms with Crippen LogP contribution < -0.4 is 10.1 Å². The standard InChI is InChI=1S/C19H27N3O3/c1-20-11-13-8-9-22(12-13)19(24)16-10-17(23)21(2)18(16)14-4-6-15(25-3)7-5-14/h4-7,13,16,18,20H,8-12H2,1-3H3/t13-,16+,18-/m0/s1. The van der Waals surface area contributed by atoms with Crippen LogP contribution in [0, 0.1) is 11.8 Å². The van der Waals surface area contributed by atoms with Crippen molar-refractivity contribution >= 4 is 11.8 Å². The number of hydrogen-bond acceptors (Lipinski definition) is 4. The molecule has 1 aromatic carbocycles. The van der Waals surface area contributed by atoms with Crippen LogP contribution in [-0.2, 0) is 9.59 Å². The quantitative estimate of drug-likeness (QED) is 0.873. The zero-order chi connectivity index (χ0) is 18.0. The number of amides is 2. The van der Waals surface area contributed by atoms with Crippen molar-refractivity contribution in [1.82, 2.24) is 15.1 Å². The third kappa shape index (κ3) is 3.49. The summed E-state index contributed by atoms with van der Waals surface area (Å²) in [7, 11) is 5.36. The topological polar surface area (TPSA) is 61.9 Å². The van der Waals surface area contributed by atoms with Crippen molar-refractivity contribution in [1.29, 1.82) is 0 Å². The smallest absolute Gasteiger partial charge is 0.228 e. The highest BCUT2D eigenvalue weighted by Gasteiger charge is 2.45. The molecule has 2 amide bonds. The van der Waals surface area contributed by atoms with Crippen LogP contribution in [0.25, 0.3) is 0 Å². The van der Waals surface area contributed by atoms with Gasteiger partial charge in [0.1, 0.15) is 5.75 Å². The largest absolute Gasteiger partial charge is 0.497 e. The van der Waals surface area contributed by atoms with Crippen molar-refractivity contribution in [3.8, 4) is 5.75 Å². The van der Waals surface area contributed by atoms with E-state index in [1.165, 1.54) is 0 Å². The fourth-order valence-corrected chi connectivity index (χ4v) is 4.07. The molecule has 2 saturated heterocycles. The molecule has 0 aromatic heterocycles. The van der Waals surface area contributed by atoms with Crippen LogP contribution >= 0.6 is 0 Å². The number of nitrogens with one attached hydrogen (secondary N) is 1. The molecule has 0 unspecified atom stereocenters. The van der Waals surface area contributed by atoms with Crippen molar-refractivity contribution in [2.24, 2.45) is 11.8 Å². The number of carbonyl (C=O) groups is 2. The minimum atomic E-state index is -0.306. The summed E-state index contributed by atoms with van der Waals surface area (Å²) in [5, 5.41) is 3.19. The number of likely N-dealkylation sites (tertiary alicyclic amines) is 2. The molecular weight excluding hydrogens is 318 g/mol. The zero-order valence-corrected chi connectivity index (χ0v) is 15.2. The second kappa shape index (κ2) is 7.44. The molecule has 1 N–H and O–H groups in total. The molecule has 3 atom stereocenters. The minimum absolute atomic E-state index is 0.0325. The van der Waals surface area contributed by atoms with Crippen molar-refractivity contribution < 1.29 is 14.3 Å². The molecule has 2 aliphatic heterocycles. The summed E-state index contributed by atoms with van der Waals surface area (Å²) in [6.07, 6.45) is 1.31. The Morgan fingerprint density at radius 2 is 2.04 bits per heavy atom. The van der Waals surface area contributed by atoms with Crippen LogP contribution in [0.3, 0.4) is 0 Å². The third-order valence-electron chi connectivity index (χ3n) is 5.45. The van der Waals surface area contributed by atoms with Gasteiger partial charge in [-0.2, -0.15) is 0 Å². The molecule has 0 aliphatic carbocycles. The van der Waals surface area contributed by atoms with Gasteiger partial charge in [0.25, 0.3) is 0 Å². The predicted octanol–water partition coefficient (Wildman–Crippen LogP) is 1.28. The van der Waals surface area contributed by atoms with Gasteiger partial charge in [0.05, 0.1) is 19.1 Å². The number of rotatable bonds is 5. The molecule has 1 aromatic rings. The van der Waals surface area contributed by atoms with Gasteiger partial charge < -0.3 is 19.9 Å². The molecule has 2 aliphatic rings. The van der Waals surface area contributed by atoms with Crippen molar-refractivity contribution in [2.75, 3.05) is 40.8 Å². The molecule has 0 saturated carbocycles. The van der Waals surface area contributed by atoms with Crippen LogP contribution in [-0.4, -0.2) is 62.5 Å². The number of benzene rings is 1. The molecule has 0 bridgehead atoms. The first kappa shape index (κ1) is 17.7. The zero-order valence-electron chi connectivity index (χ0n) is 15.2. The summed E-state index contributed by atoms with van der Waals surface area (Å²) in [6, 6.07) is 7.46.